The van der Waals surface area contributed by atoms with Gasteiger partial charge in [0.2, 0.25) is 11.2 Å². The van der Waals surface area contributed by atoms with Crippen molar-refractivity contribution in [3.63, 3.8) is 0 Å². The number of nitrogens with one attached hydrogen (secondary N) is 1. The first-order chi connectivity index (χ1) is 13.0. The number of ether oxygens (including phenoxy) is 1. The van der Waals surface area contributed by atoms with Gasteiger partial charge in [0.1, 0.15) is 24.2 Å². The van der Waals surface area contributed by atoms with Gasteiger partial charge in [-0.15, -0.1) is 10.2 Å². The van der Waals surface area contributed by atoms with Gasteiger partial charge in [-0.2, -0.15) is 0 Å². The Morgan fingerprint density at radius 2 is 2.26 bits per heavy atom. The molecule has 0 fully saturated rings. The van der Waals surface area contributed by atoms with Crippen LogP contribution in [-0.4, -0.2) is 27.3 Å². The van der Waals surface area contributed by atoms with Crippen molar-refractivity contribution < 1.29 is 18.3 Å². The maximum atomic E-state index is 13.1. The summed E-state index contributed by atoms with van der Waals surface area (Å²) in [6.07, 6.45) is 2.73. The molecule has 0 bridgehead atoms. The molecular weight excluding hydrogens is 375 g/mol. The number of anilines is 1. The zero-order valence-corrected chi connectivity index (χ0v) is 15.0. The summed E-state index contributed by atoms with van der Waals surface area (Å²) >= 11 is 1.36. The molecule has 2 heterocycles. The van der Waals surface area contributed by atoms with E-state index in [0.717, 1.165) is 6.26 Å². The van der Waals surface area contributed by atoms with Crippen LogP contribution < -0.4 is 15.5 Å². The molecule has 0 unspecified atom stereocenters. The first kappa shape index (κ1) is 18.6. The van der Waals surface area contributed by atoms with Crippen LogP contribution in [0.3, 0.4) is 0 Å². The summed E-state index contributed by atoms with van der Waals surface area (Å²) in [6, 6.07) is 6.75. The number of thioether (sulfide) groups is 1. The number of hydrogen-bond acceptors (Lipinski definition) is 7. The maximum absolute atomic E-state index is 13.1. The van der Waals surface area contributed by atoms with Gasteiger partial charge in [0, 0.05) is 18.8 Å². The van der Waals surface area contributed by atoms with E-state index in [1.807, 2.05) is 7.05 Å². The van der Waals surface area contributed by atoms with Gasteiger partial charge in [-0.1, -0.05) is 17.8 Å². The van der Waals surface area contributed by atoms with E-state index in [0.29, 0.717) is 22.4 Å². The number of aromatic nitrogens is 3. The largest absolute Gasteiger partial charge is 0.477 e. The lowest BCUT2D eigenvalue weighted by atomic mass is 10.3. The number of carbonyl (C=O) groups excluding carboxylic acids is 1. The normalized spacial score (nSPS) is 10.6. The minimum atomic E-state index is -0.526. The molecule has 8 nitrogen and oxygen atoms in total. The van der Waals surface area contributed by atoms with Crippen molar-refractivity contribution in [1.82, 2.24) is 14.8 Å². The second-order valence-electron chi connectivity index (χ2n) is 5.44. The highest BCUT2D eigenvalue weighted by molar-refractivity contribution is 7.98. The van der Waals surface area contributed by atoms with Crippen molar-refractivity contribution in [3.8, 4) is 5.75 Å². The summed E-state index contributed by atoms with van der Waals surface area (Å²) in [6.45, 7) is -0.408. The highest BCUT2D eigenvalue weighted by Crippen LogP contribution is 2.20. The Morgan fingerprint density at radius 1 is 1.41 bits per heavy atom. The monoisotopic (exact) mass is 390 g/mol. The molecule has 0 atom stereocenters. The van der Waals surface area contributed by atoms with Gasteiger partial charge in [0.25, 0.3) is 5.91 Å². The number of aryl methyl sites for hydroxylation is 1. The third-order valence-electron chi connectivity index (χ3n) is 3.33. The Kier molecular flexibility index (Phi) is 5.87. The number of nitrogens with zero attached hydrogens (tertiary/aromatic N) is 3. The van der Waals surface area contributed by atoms with Crippen molar-refractivity contribution in [1.29, 1.82) is 0 Å². The van der Waals surface area contributed by atoms with Gasteiger partial charge in [-0.25, -0.2) is 4.39 Å². The number of halogens is 1. The van der Waals surface area contributed by atoms with E-state index in [4.69, 9.17) is 9.15 Å². The first-order valence-electron chi connectivity index (χ1n) is 7.78. The molecule has 3 aromatic rings. The fourth-order valence-electron chi connectivity index (χ4n) is 2.07. The Morgan fingerprint density at radius 3 is 2.96 bits per heavy atom. The Bertz CT molecular complexity index is 1000. The average Bonchev–Trinajstić information content (AvgIpc) is 3.04. The van der Waals surface area contributed by atoms with Gasteiger partial charge >= 0.3 is 0 Å². The minimum absolute atomic E-state index is 0.0863. The summed E-state index contributed by atoms with van der Waals surface area (Å²) in [7, 11) is 1.81. The van der Waals surface area contributed by atoms with E-state index < -0.39 is 23.8 Å². The Hall–Kier alpha value is -3.14. The molecule has 1 N–H and O–H groups in total. The van der Waals surface area contributed by atoms with E-state index in [1.165, 1.54) is 36.0 Å². The van der Waals surface area contributed by atoms with E-state index in [1.54, 1.807) is 17.0 Å². The molecule has 0 saturated heterocycles. The molecule has 0 saturated carbocycles. The number of amides is 1. The maximum Gasteiger partial charge on any atom is 0.262 e. The van der Waals surface area contributed by atoms with E-state index in [2.05, 4.69) is 15.5 Å². The predicted molar refractivity (Wildman–Crippen MR) is 96.1 cm³/mol. The van der Waals surface area contributed by atoms with E-state index >= 15 is 0 Å². The highest BCUT2D eigenvalue weighted by Gasteiger charge is 2.10. The second-order valence-corrected chi connectivity index (χ2v) is 6.38. The molecule has 0 radical (unpaired) electrons. The summed E-state index contributed by atoms with van der Waals surface area (Å²) < 4.78 is 25.4. The van der Waals surface area contributed by atoms with Crippen LogP contribution in [0.2, 0.25) is 0 Å². The number of rotatable bonds is 7. The van der Waals surface area contributed by atoms with E-state index in [-0.39, 0.29) is 5.75 Å². The molecule has 0 aliphatic heterocycles. The van der Waals surface area contributed by atoms with Crippen LogP contribution in [0.1, 0.15) is 5.76 Å². The van der Waals surface area contributed by atoms with Crippen molar-refractivity contribution in [2.24, 2.45) is 7.05 Å². The molecule has 3 rings (SSSR count). The summed E-state index contributed by atoms with van der Waals surface area (Å²) in [5.41, 5.74) is -0.111. The third kappa shape index (κ3) is 5.17. The summed E-state index contributed by atoms with van der Waals surface area (Å²) in [4.78, 5) is 23.9. The topological polar surface area (TPSA) is 99.3 Å². The third-order valence-corrected chi connectivity index (χ3v) is 4.39. The predicted octanol–water partition coefficient (Wildman–Crippen LogP) is 2.22. The Balaban J connectivity index is 1.54. The van der Waals surface area contributed by atoms with E-state index in [9.17, 15) is 14.0 Å². The van der Waals surface area contributed by atoms with Crippen LogP contribution in [-0.2, 0) is 17.6 Å². The molecular formula is C17H15FN4O4S. The van der Waals surface area contributed by atoms with Crippen LogP contribution in [0.15, 0.2) is 57.3 Å². The minimum Gasteiger partial charge on any atom is -0.477 e. The van der Waals surface area contributed by atoms with Gasteiger partial charge in [-0.05, 0) is 18.2 Å². The van der Waals surface area contributed by atoms with Crippen molar-refractivity contribution in [2.45, 2.75) is 10.9 Å². The summed E-state index contributed by atoms with van der Waals surface area (Å²) in [5, 5.41) is 10.8. The van der Waals surface area contributed by atoms with Gasteiger partial charge in [0.05, 0.1) is 5.75 Å². The van der Waals surface area contributed by atoms with Gasteiger partial charge < -0.3 is 19.0 Å². The summed E-state index contributed by atoms with van der Waals surface area (Å²) in [5.74, 6) is -0.255. The standard InChI is InChI=1S/C17H15FN4O4S/c1-22-10-19-21-17(22)27-9-13-6-14(23)15(7-25-13)26-8-16(24)20-12-4-2-3-11(18)5-12/h2-7,10H,8-9H2,1H3,(H,20,24). The molecule has 0 spiro atoms. The number of benzene rings is 1. The lowest BCUT2D eigenvalue weighted by Gasteiger charge is -2.07. The van der Waals surface area contributed by atoms with Crippen LogP contribution in [0, 0.1) is 5.82 Å². The molecule has 0 aliphatic rings. The molecule has 1 amide bonds. The average molecular weight is 390 g/mol. The fourth-order valence-corrected chi connectivity index (χ4v) is 2.84. The van der Waals surface area contributed by atoms with Crippen LogP contribution in [0.25, 0.3) is 0 Å². The zero-order chi connectivity index (χ0) is 19.2. The molecule has 1 aromatic carbocycles. The Labute approximate surface area is 157 Å². The molecule has 27 heavy (non-hydrogen) atoms. The fraction of sp³-hybridized carbons (Fsp3) is 0.176. The van der Waals surface area contributed by atoms with Gasteiger partial charge in [-0.3, -0.25) is 9.59 Å². The zero-order valence-electron chi connectivity index (χ0n) is 14.2. The highest BCUT2D eigenvalue weighted by atomic mass is 32.2. The number of hydrogen-bond donors (Lipinski definition) is 1. The SMILES string of the molecule is Cn1cnnc1SCc1cc(=O)c(OCC(=O)Nc2cccc(F)c2)co1. The smallest absolute Gasteiger partial charge is 0.262 e. The quantitative estimate of drug-likeness (QED) is 0.618. The second kappa shape index (κ2) is 8.49. The molecule has 0 aliphatic carbocycles. The van der Waals surface area contributed by atoms with Gasteiger partial charge in [0.15, 0.2) is 11.8 Å². The lowest BCUT2D eigenvalue weighted by Crippen LogP contribution is -2.22. The number of carbonyl (C=O) groups is 1. The molecule has 10 heteroatoms. The molecule has 140 valence electrons. The first-order valence-corrected chi connectivity index (χ1v) is 8.76. The van der Waals surface area contributed by atoms with Crippen molar-refractivity contribution >= 4 is 23.4 Å². The van der Waals surface area contributed by atoms with Crippen LogP contribution in [0.5, 0.6) is 5.75 Å². The lowest BCUT2D eigenvalue weighted by molar-refractivity contribution is -0.118. The van der Waals surface area contributed by atoms with Crippen LogP contribution in [0.4, 0.5) is 10.1 Å². The van der Waals surface area contributed by atoms with Crippen molar-refractivity contribution in [2.75, 3.05) is 11.9 Å². The van der Waals surface area contributed by atoms with Crippen LogP contribution >= 0.6 is 11.8 Å². The molecule has 2 aromatic heterocycles. The van der Waals surface area contributed by atoms with Crippen molar-refractivity contribution in [3.05, 3.63) is 64.7 Å².